The fraction of sp³-hybridized carbons (Fsp3) is 0.346. The van der Waals surface area contributed by atoms with E-state index in [1.54, 1.807) is 11.9 Å². The summed E-state index contributed by atoms with van der Waals surface area (Å²) in [5.74, 6) is -0.0396. The van der Waals surface area contributed by atoms with Gasteiger partial charge in [0.1, 0.15) is 0 Å². The maximum absolute atomic E-state index is 13.3. The Hall–Kier alpha value is -2.28. The number of carbonyl (C=O) groups is 2. The number of benzene rings is 2. The number of nitrogens with zero attached hydrogens (tertiary/aromatic N) is 2. The first kappa shape index (κ1) is 24.8. The lowest BCUT2D eigenvalue weighted by Crippen LogP contribution is -2.33. The molecule has 0 spiro atoms. The van der Waals surface area contributed by atoms with E-state index in [9.17, 15) is 9.59 Å². The number of thioether (sulfide) groups is 1. The standard InChI is InChI=1S/C26H26Cl2N2O3S/c1-2-33-24(32)16-34-15-23(31)30-26(18-8-12-21(28)13-9-18)22-5-3-4-19(25(22)29-30)14-17-6-10-20(27)11-7-17/h6-14,22,26H,2-5,15-16H2,1H3/b19-14-. The normalized spacial score (nSPS) is 20.7. The average molecular weight is 517 g/mol. The van der Waals surface area contributed by atoms with E-state index in [0.717, 1.165) is 41.7 Å². The van der Waals surface area contributed by atoms with E-state index >= 15 is 0 Å². The van der Waals surface area contributed by atoms with E-state index in [0.29, 0.717) is 16.7 Å². The van der Waals surface area contributed by atoms with Crippen molar-refractivity contribution in [3.05, 3.63) is 75.3 Å². The third kappa shape index (κ3) is 5.85. The summed E-state index contributed by atoms with van der Waals surface area (Å²) < 4.78 is 4.97. The van der Waals surface area contributed by atoms with Crippen molar-refractivity contribution >= 4 is 58.6 Å². The highest BCUT2D eigenvalue weighted by atomic mass is 35.5. The lowest BCUT2D eigenvalue weighted by molar-refractivity contribution is -0.139. The number of allylic oxidation sites excluding steroid dienone is 1. The SMILES string of the molecule is CCOC(=O)CSCC(=O)N1N=C2/C(=C\c3ccc(Cl)cc3)CCCC2C1c1ccc(Cl)cc1. The molecule has 2 aromatic carbocycles. The van der Waals surface area contributed by atoms with Gasteiger partial charge in [-0.1, -0.05) is 47.5 Å². The molecule has 4 rings (SSSR count). The zero-order valence-corrected chi connectivity index (χ0v) is 21.2. The summed E-state index contributed by atoms with van der Waals surface area (Å²) in [6, 6.07) is 15.1. The Bertz CT molecular complexity index is 1100. The molecule has 2 atom stereocenters. The lowest BCUT2D eigenvalue weighted by atomic mass is 9.77. The minimum Gasteiger partial charge on any atom is -0.465 e. The number of amides is 1. The lowest BCUT2D eigenvalue weighted by Gasteiger charge is -2.29. The second-order valence-corrected chi connectivity index (χ2v) is 10.1. The number of fused-ring (bicyclic) bond motifs is 1. The maximum Gasteiger partial charge on any atom is 0.315 e. The van der Waals surface area contributed by atoms with Crippen molar-refractivity contribution in [1.82, 2.24) is 5.01 Å². The van der Waals surface area contributed by atoms with Gasteiger partial charge < -0.3 is 4.74 Å². The molecule has 0 N–H and O–H groups in total. The van der Waals surface area contributed by atoms with Crippen LogP contribution in [0.3, 0.4) is 0 Å². The third-order valence-corrected chi connectivity index (χ3v) is 7.33. The first-order chi connectivity index (χ1) is 16.5. The number of esters is 1. The van der Waals surface area contributed by atoms with Gasteiger partial charge in [0.15, 0.2) is 0 Å². The zero-order valence-electron chi connectivity index (χ0n) is 18.9. The van der Waals surface area contributed by atoms with E-state index in [1.807, 2.05) is 48.5 Å². The van der Waals surface area contributed by atoms with E-state index in [1.165, 1.54) is 11.8 Å². The average Bonchev–Trinajstić information content (AvgIpc) is 3.22. The first-order valence-electron chi connectivity index (χ1n) is 11.3. The molecule has 1 heterocycles. The van der Waals surface area contributed by atoms with Crippen LogP contribution in [0.15, 0.2) is 59.2 Å². The van der Waals surface area contributed by atoms with Gasteiger partial charge in [0.25, 0.3) is 5.91 Å². The van der Waals surface area contributed by atoms with Crippen LogP contribution < -0.4 is 0 Å². The minimum atomic E-state index is -0.316. The minimum absolute atomic E-state index is 0.104. The van der Waals surface area contributed by atoms with Gasteiger partial charge in [-0.2, -0.15) is 5.10 Å². The van der Waals surface area contributed by atoms with Crippen molar-refractivity contribution in [2.24, 2.45) is 11.0 Å². The largest absolute Gasteiger partial charge is 0.465 e. The van der Waals surface area contributed by atoms with Crippen LogP contribution in [0, 0.1) is 5.92 Å². The summed E-state index contributed by atoms with van der Waals surface area (Å²) >= 11 is 13.4. The van der Waals surface area contributed by atoms with Crippen LogP contribution in [-0.4, -0.2) is 40.7 Å². The van der Waals surface area contributed by atoms with E-state index in [-0.39, 0.29) is 35.3 Å². The summed E-state index contributed by atoms with van der Waals surface area (Å²) in [7, 11) is 0. The fourth-order valence-electron chi connectivity index (χ4n) is 4.45. The summed E-state index contributed by atoms with van der Waals surface area (Å²) in [5, 5.41) is 7.82. The predicted octanol–water partition coefficient (Wildman–Crippen LogP) is 6.41. The molecule has 0 bridgehead atoms. The summed E-state index contributed by atoms with van der Waals surface area (Å²) in [6.07, 6.45) is 5.02. The molecule has 0 radical (unpaired) electrons. The Balaban J connectivity index is 1.61. The molecule has 1 fully saturated rings. The van der Waals surface area contributed by atoms with Crippen LogP contribution in [0.4, 0.5) is 0 Å². The molecule has 0 aromatic heterocycles. The Kier molecular flexibility index (Phi) is 8.35. The molecular formula is C26H26Cl2N2O3S. The molecule has 2 aromatic rings. The molecule has 0 saturated heterocycles. The highest BCUT2D eigenvalue weighted by Crippen LogP contribution is 2.44. The second kappa shape index (κ2) is 11.4. The van der Waals surface area contributed by atoms with E-state index in [2.05, 4.69) is 6.08 Å². The number of carbonyl (C=O) groups excluding carboxylic acids is 2. The van der Waals surface area contributed by atoms with Crippen LogP contribution in [-0.2, 0) is 14.3 Å². The second-order valence-electron chi connectivity index (χ2n) is 8.24. The third-order valence-electron chi connectivity index (χ3n) is 5.93. The van der Waals surface area contributed by atoms with Crippen molar-refractivity contribution in [2.45, 2.75) is 32.2 Å². The van der Waals surface area contributed by atoms with Crippen molar-refractivity contribution in [2.75, 3.05) is 18.1 Å². The van der Waals surface area contributed by atoms with E-state index < -0.39 is 0 Å². The van der Waals surface area contributed by atoms with Gasteiger partial charge in [-0.05, 0) is 73.2 Å². The van der Waals surface area contributed by atoms with Gasteiger partial charge in [0.05, 0.1) is 29.9 Å². The molecule has 178 valence electrons. The molecule has 1 saturated carbocycles. The summed E-state index contributed by atoms with van der Waals surface area (Å²) in [5.41, 5.74) is 4.17. The quantitative estimate of drug-likeness (QED) is 0.398. The molecule has 1 aliphatic heterocycles. The number of hydrogen-bond donors (Lipinski definition) is 0. The molecule has 2 aliphatic rings. The topological polar surface area (TPSA) is 59.0 Å². The summed E-state index contributed by atoms with van der Waals surface area (Å²) in [6.45, 7) is 2.10. The summed E-state index contributed by atoms with van der Waals surface area (Å²) in [4.78, 5) is 24.9. The molecule has 5 nitrogen and oxygen atoms in total. The van der Waals surface area contributed by atoms with Gasteiger partial charge in [0.2, 0.25) is 0 Å². The van der Waals surface area contributed by atoms with E-state index in [4.69, 9.17) is 33.0 Å². The number of hydrazone groups is 1. The molecule has 2 unspecified atom stereocenters. The highest BCUT2D eigenvalue weighted by Gasteiger charge is 2.43. The number of rotatable bonds is 7. The fourth-order valence-corrected chi connectivity index (χ4v) is 5.36. The van der Waals surface area contributed by atoms with Crippen molar-refractivity contribution in [3.63, 3.8) is 0 Å². The smallest absolute Gasteiger partial charge is 0.315 e. The highest BCUT2D eigenvalue weighted by molar-refractivity contribution is 8.00. The van der Waals surface area contributed by atoms with Crippen molar-refractivity contribution in [3.8, 4) is 0 Å². The maximum atomic E-state index is 13.3. The van der Waals surface area contributed by atoms with Crippen LogP contribution in [0.2, 0.25) is 10.0 Å². The van der Waals surface area contributed by atoms with Gasteiger partial charge in [-0.15, -0.1) is 11.8 Å². The Morgan fingerprint density at radius 1 is 1.09 bits per heavy atom. The van der Waals surface area contributed by atoms with Gasteiger partial charge in [-0.3, -0.25) is 9.59 Å². The van der Waals surface area contributed by atoms with Crippen LogP contribution in [0.1, 0.15) is 43.4 Å². The Morgan fingerprint density at radius 2 is 1.76 bits per heavy atom. The zero-order chi connectivity index (χ0) is 24.1. The molecule has 1 amide bonds. The molecular weight excluding hydrogens is 491 g/mol. The Labute approximate surface area is 214 Å². The molecule has 8 heteroatoms. The van der Waals surface area contributed by atoms with Gasteiger partial charge in [-0.25, -0.2) is 5.01 Å². The van der Waals surface area contributed by atoms with Gasteiger partial charge >= 0.3 is 5.97 Å². The number of ether oxygens (including phenoxy) is 1. The van der Waals surface area contributed by atoms with Crippen LogP contribution in [0.25, 0.3) is 6.08 Å². The predicted molar refractivity (Wildman–Crippen MR) is 139 cm³/mol. The Morgan fingerprint density at radius 3 is 2.44 bits per heavy atom. The number of halogens is 2. The van der Waals surface area contributed by atoms with Crippen molar-refractivity contribution < 1.29 is 14.3 Å². The molecule has 34 heavy (non-hydrogen) atoms. The van der Waals surface area contributed by atoms with Gasteiger partial charge in [0, 0.05) is 16.0 Å². The van der Waals surface area contributed by atoms with Crippen molar-refractivity contribution in [1.29, 1.82) is 0 Å². The first-order valence-corrected chi connectivity index (χ1v) is 13.2. The number of hydrogen-bond acceptors (Lipinski definition) is 5. The molecule has 1 aliphatic carbocycles. The van der Waals surface area contributed by atoms with Crippen LogP contribution >= 0.6 is 35.0 Å². The monoisotopic (exact) mass is 516 g/mol. The van der Waals surface area contributed by atoms with Crippen LogP contribution in [0.5, 0.6) is 0 Å².